The first kappa shape index (κ1) is 17.9. The zero-order valence-electron chi connectivity index (χ0n) is 14.0. The summed E-state index contributed by atoms with van der Waals surface area (Å²) in [6, 6.07) is 7.98. The zero-order chi connectivity index (χ0) is 18.6. The van der Waals surface area contributed by atoms with Crippen LogP contribution < -0.4 is 10.3 Å². The lowest BCUT2D eigenvalue weighted by Crippen LogP contribution is -2.27. The van der Waals surface area contributed by atoms with Gasteiger partial charge in [-0.1, -0.05) is 11.6 Å². The largest absolute Gasteiger partial charge is 0.496 e. The highest BCUT2D eigenvalue weighted by atomic mass is 16.5. The standard InChI is InChI=1S/C18H16N2O5/c1-11-4-5-16(24-2)14(6-11)15(21)10-20-9-13(18(23)25-3)7-12(8-19)17(20)22/h4-7,9H,10H2,1-3H3. The summed E-state index contributed by atoms with van der Waals surface area (Å²) in [7, 11) is 2.63. The van der Waals surface area contributed by atoms with Crippen molar-refractivity contribution in [2.24, 2.45) is 0 Å². The molecule has 2 aromatic rings. The van der Waals surface area contributed by atoms with Gasteiger partial charge in [0.2, 0.25) is 0 Å². The number of aromatic nitrogens is 1. The van der Waals surface area contributed by atoms with E-state index in [1.54, 1.807) is 24.3 Å². The van der Waals surface area contributed by atoms with Gasteiger partial charge in [-0.3, -0.25) is 9.59 Å². The Balaban J connectivity index is 2.48. The second-order valence-corrected chi connectivity index (χ2v) is 5.31. The summed E-state index contributed by atoms with van der Waals surface area (Å²) in [6.07, 6.45) is 1.20. The quantitative estimate of drug-likeness (QED) is 0.607. The molecule has 0 aliphatic carbocycles. The number of esters is 1. The molecule has 7 nitrogen and oxygen atoms in total. The highest BCUT2D eigenvalue weighted by Gasteiger charge is 2.17. The van der Waals surface area contributed by atoms with E-state index in [2.05, 4.69) is 4.74 Å². The molecule has 0 fully saturated rings. The van der Waals surface area contributed by atoms with Crippen molar-refractivity contribution in [1.29, 1.82) is 5.26 Å². The molecule has 7 heteroatoms. The molecule has 25 heavy (non-hydrogen) atoms. The molecular weight excluding hydrogens is 324 g/mol. The monoisotopic (exact) mass is 340 g/mol. The van der Waals surface area contributed by atoms with Gasteiger partial charge < -0.3 is 14.0 Å². The summed E-state index contributed by atoms with van der Waals surface area (Å²) in [5.74, 6) is -0.701. The van der Waals surface area contributed by atoms with Crippen LogP contribution in [0.15, 0.2) is 35.3 Å². The number of hydrogen-bond acceptors (Lipinski definition) is 6. The van der Waals surface area contributed by atoms with Crippen LogP contribution in [0.5, 0.6) is 5.75 Å². The smallest absolute Gasteiger partial charge is 0.339 e. The van der Waals surface area contributed by atoms with E-state index < -0.39 is 11.5 Å². The summed E-state index contributed by atoms with van der Waals surface area (Å²) >= 11 is 0. The Morgan fingerprint density at radius 1 is 1.24 bits per heavy atom. The van der Waals surface area contributed by atoms with Crippen molar-refractivity contribution in [1.82, 2.24) is 4.57 Å². The summed E-state index contributed by atoms with van der Waals surface area (Å²) in [4.78, 5) is 36.6. The minimum atomic E-state index is -0.703. The molecule has 1 aromatic carbocycles. The van der Waals surface area contributed by atoms with Crippen LogP contribution in [-0.2, 0) is 11.3 Å². The van der Waals surface area contributed by atoms with Gasteiger partial charge in [0.15, 0.2) is 5.78 Å². The average molecular weight is 340 g/mol. The molecule has 1 aromatic heterocycles. The van der Waals surface area contributed by atoms with Crippen molar-refractivity contribution in [3.05, 3.63) is 63.1 Å². The van der Waals surface area contributed by atoms with Crippen molar-refractivity contribution in [2.45, 2.75) is 13.5 Å². The van der Waals surface area contributed by atoms with Gasteiger partial charge in [-0.15, -0.1) is 0 Å². The third kappa shape index (κ3) is 3.75. The molecule has 0 amide bonds. The maximum absolute atomic E-state index is 12.6. The molecule has 0 saturated carbocycles. The van der Waals surface area contributed by atoms with Crippen LogP contribution in [0.4, 0.5) is 0 Å². The minimum absolute atomic E-state index is 0.0163. The SMILES string of the molecule is COC(=O)c1cc(C#N)c(=O)n(CC(=O)c2cc(C)ccc2OC)c1. The Kier molecular flexibility index (Phi) is 5.35. The van der Waals surface area contributed by atoms with Gasteiger partial charge in [0, 0.05) is 6.20 Å². The molecule has 0 aliphatic rings. The predicted molar refractivity (Wildman–Crippen MR) is 88.8 cm³/mol. The fourth-order valence-electron chi connectivity index (χ4n) is 2.34. The Bertz CT molecular complexity index is 937. The molecule has 0 radical (unpaired) electrons. The fraction of sp³-hybridized carbons (Fsp3) is 0.222. The molecule has 0 aliphatic heterocycles. The number of pyridine rings is 1. The first-order valence-electron chi connectivity index (χ1n) is 7.32. The van der Waals surface area contributed by atoms with Gasteiger partial charge in [-0.25, -0.2) is 4.79 Å². The summed E-state index contributed by atoms with van der Waals surface area (Å²) in [6.45, 7) is 1.49. The minimum Gasteiger partial charge on any atom is -0.496 e. The number of Topliss-reactive ketones (excluding diaryl/α,β-unsaturated/α-hetero) is 1. The Morgan fingerprint density at radius 2 is 1.96 bits per heavy atom. The number of carbonyl (C=O) groups is 2. The molecule has 0 N–H and O–H groups in total. The molecule has 1 heterocycles. The third-order valence-electron chi connectivity index (χ3n) is 3.60. The van der Waals surface area contributed by atoms with Crippen LogP contribution in [0.1, 0.15) is 31.8 Å². The van der Waals surface area contributed by atoms with Crippen LogP contribution in [0.2, 0.25) is 0 Å². The van der Waals surface area contributed by atoms with Crippen molar-refractivity contribution in [3.8, 4) is 11.8 Å². The second kappa shape index (κ2) is 7.45. The topological polar surface area (TPSA) is 98.4 Å². The number of methoxy groups -OCH3 is 2. The average Bonchev–Trinajstić information content (AvgIpc) is 2.62. The normalized spacial score (nSPS) is 10.0. The summed E-state index contributed by atoms with van der Waals surface area (Å²) < 4.78 is 10.8. The van der Waals surface area contributed by atoms with E-state index in [4.69, 9.17) is 10.00 Å². The molecule has 2 rings (SSSR count). The van der Waals surface area contributed by atoms with Gasteiger partial charge in [-0.05, 0) is 25.1 Å². The maximum Gasteiger partial charge on any atom is 0.339 e. The zero-order valence-corrected chi connectivity index (χ0v) is 14.0. The first-order valence-corrected chi connectivity index (χ1v) is 7.32. The number of aryl methyl sites for hydroxylation is 1. The number of hydrogen-bond donors (Lipinski definition) is 0. The van der Waals surface area contributed by atoms with E-state index in [1.807, 2.05) is 6.92 Å². The lowest BCUT2D eigenvalue weighted by Gasteiger charge is -2.11. The lowest BCUT2D eigenvalue weighted by atomic mass is 10.1. The highest BCUT2D eigenvalue weighted by Crippen LogP contribution is 2.20. The fourth-order valence-corrected chi connectivity index (χ4v) is 2.34. The Hall–Kier alpha value is -3.40. The van der Waals surface area contributed by atoms with E-state index >= 15 is 0 Å². The van der Waals surface area contributed by atoms with E-state index in [0.29, 0.717) is 11.3 Å². The van der Waals surface area contributed by atoms with Gasteiger partial charge in [0.1, 0.15) is 17.4 Å². The van der Waals surface area contributed by atoms with E-state index in [0.717, 1.165) is 16.2 Å². The molecule has 0 bridgehead atoms. The molecule has 128 valence electrons. The van der Waals surface area contributed by atoms with Crippen LogP contribution in [0.25, 0.3) is 0 Å². The van der Waals surface area contributed by atoms with Crippen molar-refractivity contribution in [3.63, 3.8) is 0 Å². The van der Waals surface area contributed by atoms with Gasteiger partial charge in [0.25, 0.3) is 5.56 Å². The van der Waals surface area contributed by atoms with E-state index in [9.17, 15) is 14.4 Å². The molecule has 0 atom stereocenters. The number of nitrogens with zero attached hydrogens (tertiary/aromatic N) is 2. The highest BCUT2D eigenvalue weighted by molar-refractivity contribution is 5.99. The van der Waals surface area contributed by atoms with Crippen molar-refractivity contribution in [2.75, 3.05) is 14.2 Å². The Labute approximate surface area is 144 Å². The number of rotatable bonds is 5. The van der Waals surface area contributed by atoms with E-state index in [-0.39, 0.29) is 23.5 Å². The number of benzene rings is 1. The van der Waals surface area contributed by atoms with Crippen LogP contribution in [0.3, 0.4) is 0 Å². The first-order chi connectivity index (χ1) is 11.9. The second-order valence-electron chi connectivity index (χ2n) is 5.31. The van der Waals surface area contributed by atoms with Crippen LogP contribution in [0, 0.1) is 18.3 Å². The Morgan fingerprint density at radius 3 is 2.56 bits per heavy atom. The van der Waals surface area contributed by atoms with Gasteiger partial charge in [-0.2, -0.15) is 5.26 Å². The van der Waals surface area contributed by atoms with Crippen LogP contribution in [-0.4, -0.2) is 30.5 Å². The van der Waals surface area contributed by atoms with Crippen molar-refractivity contribution < 1.29 is 19.1 Å². The summed E-state index contributed by atoms with van der Waals surface area (Å²) in [5, 5.41) is 9.07. The number of nitriles is 1. The van der Waals surface area contributed by atoms with Gasteiger partial charge in [0.05, 0.1) is 31.9 Å². The number of carbonyl (C=O) groups excluding carboxylic acids is 2. The number of ketones is 1. The summed E-state index contributed by atoms with van der Waals surface area (Å²) in [5.41, 5.74) is 0.290. The maximum atomic E-state index is 12.6. The number of ether oxygens (including phenoxy) is 2. The van der Waals surface area contributed by atoms with Gasteiger partial charge >= 0.3 is 5.97 Å². The molecule has 0 saturated heterocycles. The molecular formula is C18H16N2O5. The predicted octanol–water partition coefficient (Wildman–Crippen LogP) is 1.71. The lowest BCUT2D eigenvalue weighted by molar-refractivity contribution is 0.0599. The molecule has 0 unspecified atom stereocenters. The molecule has 0 spiro atoms. The van der Waals surface area contributed by atoms with E-state index in [1.165, 1.54) is 20.4 Å². The third-order valence-corrected chi connectivity index (χ3v) is 3.60. The van der Waals surface area contributed by atoms with Crippen molar-refractivity contribution >= 4 is 11.8 Å². The van der Waals surface area contributed by atoms with Crippen LogP contribution >= 0.6 is 0 Å².